The zero-order chi connectivity index (χ0) is 36.4. The second-order valence-electron chi connectivity index (χ2n) is 17.8. The summed E-state index contributed by atoms with van der Waals surface area (Å²) in [5, 5.41) is 43.4. The van der Waals surface area contributed by atoms with E-state index in [1.165, 1.54) is 0 Å². The van der Waals surface area contributed by atoms with Crippen molar-refractivity contribution in [2.45, 2.75) is 106 Å². The van der Waals surface area contributed by atoms with Crippen molar-refractivity contribution < 1.29 is 10.2 Å². The molecule has 8 nitrogen and oxygen atoms in total. The molecule has 0 radical (unpaired) electrons. The summed E-state index contributed by atoms with van der Waals surface area (Å²) in [5.74, 6) is -0.258. The highest BCUT2D eigenvalue weighted by Crippen LogP contribution is 2.47. The summed E-state index contributed by atoms with van der Waals surface area (Å²) in [6.45, 7) is 24.5. The Hall–Kier alpha value is -4.72. The number of nitrogens with zero attached hydrogens (tertiary/aromatic N) is 6. The Morgan fingerprint density at radius 3 is 1.10 bits per heavy atom. The normalized spacial score (nSPS) is 13.2. The Kier molecular flexibility index (Phi) is 8.61. The van der Waals surface area contributed by atoms with Crippen molar-refractivity contribution in [1.29, 1.82) is 0 Å². The zero-order valence-electron chi connectivity index (χ0n) is 31.5. The Bertz CT molecular complexity index is 1970. The fourth-order valence-corrected chi connectivity index (χ4v) is 7.99. The third-order valence-electron chi connectivity index (χ3n) is 9.68. The number of benzene rings is 4. The van der Waals surface area contributed by atoms with E-state index >= 15 is 0 Å². The minimum Gasteiger partial charge on any atom is -0.505 e. The van der Waals surface area contributed by atoms with Crippen LogP contribution in [0.1, 0.15) is 117 Å². The lowest BCUT2D eigenvalue weighted by Gasteiger charge is -2.35. The summed E-state index contributed by atoms with van der Waals surface area (Å²) < 4.78 is 0. The molecule has 0 spiro atoms. The van der Waals surface area contributed by atoms with E-state index in [0.29, 0.717) is 22.5 Å². The highest BCUT2D eigenvalue weighted by atomic mass is 16.3. The molecular formula is C42H52N6O2. The van der Waals surface area contributed by atoms with Gasteiger partial charge in [0.2, 0.25) is 0 Å². The molecule has 0 saturated heterocycles. The third kappa shape index (κ3) is 6.98. The van der Waals surface area contributed by atoms with Crippen molar-refractivity contribution >= 4 is 22.1 Å². The number of aromatic hydroxyl groups is 2. The van der Waals surface area contributed by atoms with Crippen molar-refractivity contribution in [3.63, 3.8) is 0 Å². The molecule has 8 heteroatoms. The number of rotatable bonds is 8. The second-order valence-corrected chi connectivity index (χ2v) is 17.8. The number of hydrogen-bond acceptors (Lipinski definition) is 6. The van der Waals surface area contributed by atoms with Gasteiger partial charge in [0.15, 0.2) is 0 Å². The van der Waals surface area contributed by atoms with Gasteiger partial charge in [0.05, 0.1) is 0 Å². The molecule has 2 aromatic heterocycles. The summed E-state index contributed by atoms with van der Waals surface area (Å²) in [6.07, 6.45) is 1.83. The first-order valence-electron chi connectivity index (χ1n) is 17.6. The summed E-state index contributed by atoms with van der Waals surface area (Å²) in [7, 11) is 0. The van der Waals surface area contributed by atoms with Gasteiger partial charge in [0.1, 0.15) is 44.9 Å². The highest BCUT2D eigenvalue weighted by molar-refractivity contribution is 5.75. The van der Waals surface area contributed by atoms with Crippen molar-refractivity contribution in [1.82, 2.24) is 30.0 Å². The van der Waals surface area contributed by atoms with Crippen LogP contribution in [0.5, 0.6) is 11.5 Å². The van der Waals surface area contributed by atoms with E-state index in [0.717, 1.165) is 46.0 Å². The van der Waals surface area contributed by atoms with Crippen LogP contribution in [0.2, 0.25) is 0 Å². The van der Waals surface area contributed by atoms with Crippen molar-refractivity contribution in [3.05, 3.63) is 95.1 Å². The maximum atomic E-state index is 12.2. The molecule has 0 unspecified atom stereocenters. The van der Waals surface area contributed by atoms with Crippen molar-refractivity contribution in [3.8, 4) is 22.9 Å². The van der Waals surface area contributed by atoms with E-state index in [1.807, 2.05) is 67.6 Å². The van der Waals surface area contributed by atoms with Gasteiger partial charge in [-0.2, -0.15) is 0 Å². The van der Waals surface area contributed by atoms with Crippen LogP contribution < -0.4 is 0 Å². The number of phenolic OH excluding ortho intramolecular Hbond substituents is 2. The van der Waals surface area contributed by atoms with Crippen LogP contribution in [0.3, 0.4) is 0 Å². The van der Waals surface area contributed by atoms with Crippen LogP contribution in [0.25, 0.3) is 33.4 Å². The number of fused-ring (bicyclic) bond motifs is 2. The Morgan fingerprint density at radius 1 is 0.520 bits per heavy atom. The molecule has 2 heterocycles. The molecule has 0 aliphatic heterocycles. The van der Waals surface area contributed by atoms with E-state index < -0.39 is 5.92 Å². The van der Waals surface area contributed by atoms with Gasteiger partial charge in [-0.15, -0.1) is 30.0 Å². The summed E-state index contributed by atoms with van der Waals surface area (Å²) in [6, 6.07) is 23.7. The van der Waals surface area contributed by atoms with E-state index in [-0.39, 0.29) is 33.2 Å². The molecule has 0 bridgehead atoms. The first kappa shape index (κ1) is 35.1. The van der Waals surface area contributed by atoms with Crippen LogP contribution in [0.15, 0.2) is 72.8 Å². The molecule has 0 aliphatic carbocycles. The molecule has 0 aliphatic rings. The Labute approximate surface area is 296 Å². The fourth-order valence-electron chi connectivity index (χ4n) is 7.99. The standard InChI is InChI=1S/C42H52N6O2/c1-26(29-20-27(41(8,9)24-39(2,3)4)22-35(37(29)49)47-43-31-16-12-13-17-32(31)44-47)30-21-28(42(10,11)25-40(5,6)7)23-36(38(30)50)48-45-33-18-14-15-19-34(33)46-48/h12-23,26,49-50H,24-25H2,1-11H3. The number of hydrogen-bond donors (Lipinski definition) is 2. The lowest BCUT2D eigenvalue weighted by atomic mass is 9.70. The second kappa shape index (κ2) is 12.3. The molecule has 0 saturated carbocycles. The van der Waals surface area contributed by atoms with E-state index in [9.17, 15) is 10.2 Å². The van der Waals surface area contributed by atoms with Gasteiger partial charge >= 0.3 is 0 Å². The lowest BCUT2D eigenvalue weighted by molar-refractivity contribution is 0.283. The van der Waals surface area contributed by atoms with E-state index in [1.54, 1.807) is 9.59 Å². The summed E-state index contributed by atoms with van der Waals surface area (Å²) >= 11 is 0. The SMILES string of the molecule is CC(c1cc(C(C)(C)CC(C)(C)C)cc(-n2nc3ccccc3n2)c1O)c1cc(C(C)(C)CC(C)(C)C)cc(-n2nc3ccccc3n2)c1O. The molecule has 4 aromatic carbocycles. The average Bonchev–Trinajstić information content (AvgIpc) is 3.63. The zero-order valence-corrected chi connectivity index (χ0v) is 31.5. The number of phenols is 2. The van der Waals surface area contributed by atoms with Gasteiger partial charge in [-0.3, -0.25) is 0 Å². The molecule has 0 amide bonds. The largest absolute Gasteiger partial charge is 0.505 e. The molecule has 50 heavy (non-hydrogen) atoms. The van der Waals surface area contributed by atoms with Gasteiger partial charge in [0, 0.05) is 17.0 Å². The summed E-state index contributed by atoms with van der Waals surface area (Å²) in [5.41, 5.74) is 7.13. The smallest absolute Gasteiger partial charge is 0.146 e. The van der Waals surface area contributed by atoms with Crippen LogP contribution in [0, 0.1) is 10.8 Å². The molecule has 0 atom stereocenters. The monoisotopic (exact) mass is 672 g/mol. The molecule has 0 fully saturated rings. The van der Waals surface area contributed by atoms with Crippen molar-refractivity contribution in [2.75, 3.05) is 0 Å². The van der Waals surface area contributed by atoms with Gasteiger partial charge < -0.3 is 10.2 Å². The maximum Gasteiger partial charge on any atom is 0.146 e. The van der Waals surface area contributed by atoms with Gasteiger partial charge in [-0.25, -0.2) is 0 Å². The van der Waals surface area contributed by atoms with Gasteiger partial charge in [-0.05, 0) is 82.0 Å². The van der Waals surface area contributed by atoms with Crippen LogP contribution in [-0.2, 0) is 10.8 Å². The molecule has 262 valence electrons. The Balaban J connectivity index is 1.59. The first-order chi connectivity index (χ1) is 23.2. The van der Waals surface area contributed by atoms with Crippen molar-refractivity contribution in [2.24, 2.45) is 10.8 Å². The van der Waals surface area contributed by atoms with Crippen LogP contribution in [0.4, 0.5) is 0 Å². The molecule has 6 rings (SSSR count). The summed E-state index contributed by atoms with van der Waals surface area (Å²) in [4.78, 5) is 3.08. The predicted molar refractivity (Wildman–Crippen MR) is 203 cm³/mol. The van der Waals surface area contributed by atoms with E-state index in [2.05, 4.69) is 81.4 Å². The van der Waals surface area contributed by atoms with E-state index in [4.69, 9.17) is 20.4 Å². The highest BCUT2D eigenvalue weighted by Gasteiger charge is 2.33. The molecular weight excluding hydrogens is 621 g/mol. The number of aromatic nitrogens is 6. The molecule has 2 N–H and O–H groups in total. The topological polar surface area (TPSA) is 102 Å². The average molecular weight is 673 g/mol. The Morgan fingerprint density at radius 2 is 0.820 bits per heavy atom. The quantitative estimate of drug-likeness (QED) is 0.167. The van der Waals surface area contributed by atoms with Crippen LogP contribution in [-0.4, -0.2) is 40.2 Å². The fraction of sp³-hybridized carbons (Fsp3) is 0.429. The van der Waals surface area contributed by atoms with Gasteiger partial charge in [-0.1, -0.05) is 113 Å². The van der Waals surface area contributed by atoms with Crippen LogP contribution >= 0.6 is 0 Å². The lowest BCUT2D eigenvalue weighted by Crippen LogP contribution is -2.26. The minimum atomic E-state index is -0.418. The third-order valence-corrected chi connectivity index (χ3v) is 9.68. The van der Waals surface area contributed by atoms with Gasteiger partial charge in [0.25, 0.3) is 0 Å². The minimum absolute atomic E-state index is 0.0619. The maximum absolute atomic E-state index is 12.2. The molecule has 6 aromatic rings. The first-order valence-corrected chi connectivity index (χ1v) is 17.6. The predicted octanol–water partition coefficient (Wildman–Crippen LogP) is 10.1.